The van der Waals surface area contributed by atoms with Crippen LogP contribution in [0.25, 0.3) is 0 Å². The first kappa shape index (κ1) is 15.8. The van der Waals surface area contributed by atoms with E-state index < -0.39 is 0 Å². The van der Waals surface area contributed by atoms with Gasteiger partial charge < -0.3 is 10.2 Å². The Hall–Kier alpha value is -3.72. The van der Waals surface area contributed by atoms with Crippen molar-refractivity contribution in [3.8, 4) is 6.07 Å². The molecule has 0 fully saturated rings. The molecule has 0 saturated heterocycles. The fourth-order valence-corrected chi connectivity index (χ4v) is 3.01. The van der Waals surface area contributed by atoms with Crippen molar-refractivity contribution in [3.05, 3.63) is 77.6 Å². The van der Waals surface area contributed by atoms with Crippen molar-refractivity contribution >= 4 is 23.2 Å². The molecule has 126 valence electrons. The highest BCUT2D eigenvalue weighted by Crippen LogP contribution is 2.31. The van der Waals surface area contributed by atoms with Crippen molar-refractivity contribution in [1.82, 2.24) is 9.97 Å². The number of amides is 1. The van der Waals surface area contributed by atoms with Crippen molar-refractivity contribution in [3.63, 3.8) is 0 Å². The second-order valence-corrected chi connectivity index (χ2v) is 5.91. The summed E-state index contributed by atoms with van der Waals surface area (Å²) in [5.41, 5.74) is 3.59. The SMILES string of the molecule is N#Cc1ccccc1NC(=O)c1cnc(N2CCc3ccccc32)nc1. The molecular formula is C20H15N5O. The summed E-state index contributed by atoms with van der Waals surface area (Å²) in [7, 11) is 0. The van der Waals surface area contributed by atoms with E-state index in [1.807, 2.05) is 23.1 Å². The van der Waals surface area contributed by atoms with Crippen LogP contribution in [-0.2, 0) is 6.42 Å². The Morgan fingerprint density at radius 3 is 2.62 bits per heavy atom. The second kappa shape index (κ2) is 6.65. The maximum absolute atomic E-state index is 12.4. The molecule has 0 aliphatic carbocycles. The number of nitrogens with zero attached hydrogens (tertiary/aromatic N) is 4. The van der Waals surface area contributed by atoms with Gasteiger partial charge in [-0.2, -0.15) is 5.26 Å². The lowest BCUT2D eigenvalue weighted by Crippen LogP contribution is -2.18. The van der Waals surface area contributed by atoms with Crippen molar-refractivity contribution in [2.75, 3.05) is 16.8 Å². The van der Waals surface area contributed by atoms with Gasteiger partial charge in [-0.3, -0.25) is 4.79 Å². The molecular weight excluding hydrogens is 326 g/mol. The van der Waals surface area contributed by atoms with E-state index in [1.165, 1.54) is 18.0 Å². The highest BCUT2D eigenvalue weighted by molar-refractivity contribution is 6.04. The van der Waals surface area contributed by atoms with E-state index in [0.29, 0.717) is 22.8 Å². The second-order valence-electron chi connectivity index (χ2n) is 5.91. The number of hydrogen-bond acceptors (Lipinski definition) is 5. The van der Waals surface area contributed by atoms with E-state index in [4.69, 9.17) is 5.26 Å². The summed E-state index contributed by atoms with van der Waals surface area (Å²) in [5, 5.41) is 11.8. The van der Waals surface area contributed by atoms with Gasteiger partial charge in [0.05, 0.1) is 16.8 Å². The smallest absolute Gasteiger partial charge is 0.258 e. The third-order valence-electron chi connectivity index (χ3n) is 4.32. The predicted molar refractivity (Wildman–Crippen MR) is 98.3 cm³/mol. The molecule has 0 atom stereocenters. The van der Waals surface area contributed by atoms with Gasteiger partial charge in [-0.25, -0.2) is 9.97 Å². The van der Waals surface area contributed by atoms with E-state index >= 15 is 0 Å². The minimum atomic E-state index is -0.346. The van der Waals surface area contributed by atoms with Gasteiger partial charge in [0.25, 0.3) is 5.91 Å². The van der Waals surface area contributed by atoms with E-state index in [9.17, 15) is 4.79 Å². The average molecular weight is 341 g/mol. The number of carbonyl (C=O) groups excluding carboxylic acids is 1. The third-order valence-corrected chi connectivity index (χ3v) is 4.32. The largest absolute Gasteiger partial charge is 0.321 e. The van der Waals surface area contributed by atoms with E-state index in [0.717, 1.165) is 18.7 Å². The Morgan fingerprint density at radius 1 is 1.08 bits per heavy atom. The van der Waals surface area contributed by atoms with Gasteiger partial charge in [0, 0.05) is 24.6 Å². The number of hydrogen-bond donors (Lipinski definition) is 1. The van der Waals surface area contributed by atoms with E-state index in [1.54, 1.807) is 24.3 Å². The lowest BCUT2D eigenvalue weighted by molar-refractivity contribution is 0.102. The molecule has 2 heterocycles. The Labute approximate surface area is 150 Å². The molecule has 0 spiro atoms. The molecule has 1 aliphatic rings. The first-order valence-electron chi connectivity index (χ1n) is 8.24. The Morgan fingerprint density at radius 2 is 1.81 bits per heavy atom. The van der Waals surface area contributed by atoms with Gasteiger partial charge >= 0.3 is 0 Å². The van der Waals surface area contributed by atoms with Crippen LogP contribution < -0.4 is 10.2 Å². The molecule has 6 heteroatoms. The molecule has 26 heavy (non-hydrogen) atoms. The number of anilines is 3. The minimum absolute atomic E-state index is 0.342. The van der Waals surface area contributed by atoms with Crippen LogP contribution in [0.5, 0.6) is 0 Å². The number of aromatic nitrogens is 2. The average Bonchev–Trinajstić information content (AvgIpc) is 3.12. The number of fused-ring (bicyclic) bond motifs is 1. The molecule has 1 aliphatic heterocycles. The molecule has 1 aromatic heterocycles. The number of nitrogens with one attached hydrogen (secondary N) is 1. The normalized spacial score (nSPS) is 12.3. The van der Waals surface area contributed by atoms with Gasteiger partial charge in [0.2, 0.25) is 5.95 Å². The van der Waals surface area contributed by atoms with Crippen LogP contribution in [0.15, 0.2) is 60.9 Å². The quantitative estimate of drug-likeness (QED) is 0.790. The summed E-state index contributed by atoms with van der Waals surface area (Å²) in [6, 6.07) is 17.1. The van der Waals surface area contributed by atoms with Crippen LogP contribution in [0.3, 0.4) is 0 Å². The van der Waals surface area contributed by atoms with Crippen LogP contribution in [-0.4, -0.2) is 22.4 Å². The van der Waals surface area contributed by atoms with Crippen molar-refractivity contribution in [2.24, 2.45) is 0 Å². The molecule has 2 aromatic carbocycles. The number of benzene rings is 2. The number of para-hydroxylation sites is 2. The third kappa shape index (κ3) is 2.87. The van der Waals surface area contributed by atoms with Crippen LogP contribution >= 0.6 is 0 Å². The molecule has 1 N–H and O–H groups in total. The fourth-order valence-electron chi connectivity index (χ4n) is 3.01. The lowest BCUT2D eigenvalue weighted by Gasteiger charge is -2.17. The van der Waals surface area contributed by atoms with Gasteiger partial charge in [-0.05, 0) is 30.2 Å². The van der Waals surface area contributed by atoms with Crippen LogP contribution in [0, 0.1) is 11.3 Å². The highest BCUT2D eigenvalue weighted by atomic mass is 16.1. The van der Waals surface area contributed by atoms with Gasteiger partial charge in [0.1, 0.15) is 6.07 Å². The fraction of sp³-hybridized carbons (Fsp3) is 0.100. The molecule has 4 rings (SSSR count). The molecule has 1 amide bonds. The molecule has 0 bridgehead atoms. The summed E-state index contributed by atoms with van der Waals surface area (Å²) in [6.07, 6.45) is 3.97. The van der Waals surface area contributed by atoms with E-state index in [-0.39, 0.29) is 5.91 Å². The predicted octanol–water partition coefficient (Wildman–Crippen LogP) is 3.29. The molecule has 3 aromatic rings. The first-order chi connectivity index (χ1) is 12.8. The zero-order chi connectivity index (χ0) is 17.9. The standard InChI is InChI=1S/C20H15N5O/c21-11-15-6-1-3-7-17(15)24-19(26)16-12-22-20(23-13-16)25-10-9-14-5-2-4-8-18(14)25/h1-8,12-13H,9-10H2,(H,24,26). The first-order valence-corrected chi connectivity index (χ1v) is 8.24. The van der Waals surface area contributed by atoms with Crippen molar-refractivity contribution < 1.29 is 4.79 Å². The topological polar surface area (TPSA) is 81.9 Å². The summed E-state index contributed by atoms with van der Waals surface area (Å²) >= 11 is 0. The van der Waals surface area contributed by atoms with Crippen LogP contribution in [0.4, 0.5) is 17.3 Å². The highest BCUT2D eigenvalue weighted by Gasteiger charge is 2.22. The summed E-state index contributed by atoms with van der Waals surface area (Å²) in [4.78, 5) is 23.2. The van der Waals surface area contributed by atoms with Crippen molar-refractivity contribution in [2.45, 2.75) is 6.42 Å². The zero-order valence-corrected chi connectivity index (χ0v) is 13.9. The maximum Gasteiger partial charge on any atom is 0.258 e. The Bertz CT molecular complexity index is 1010. The molecule has 6 nitrogen and oxygen atoms in total. The van der Waals surface area contributed by atoms with Gasteiger partial charge in [-0.15, -0.1) is 0 Å². The van der Waals surface area contributed by atoms with Gasteiger partial charge in [0.15, 0.2) is 0 Å². The van der Waals surface area contributed by atoms with Gasteiger partial charge in [-0.1, -0.05) is 30.3 Å². The molecule has 0 radical (unpaired) electrons. The summed E-state index contributed by atoms with van der Waals surface area (Å²) in [6.45, 7) is 0.820. The van der Waals surface area contributed by atoms with E-state index in [2.05, 4.69) is 27.4 Å². The van der Waals surface area contributed by atoms with Crippen LogP contribution in [0.1, 0.15) is 21.5 Å². The summed E-state index contributed by atoms with van der Waals surface area (Å²) < 4.78 is 0. The number of nitriles is 1. The monoisotopic (exact) mass is 341 g/mol. The summed E-state index contributed by atoms with van der Waals surface area (Å²) in [5.74, 6) is 0.227. The van der Waals surface area contributed by atoms with Crippen molar-refractivity contribution in [1.29, 1.82) is 5.26 Å². The Balaban J connectivity index is 1.53. The zero-order valence-electron chi connectivity index (χ0n) is 13.9. The molecule has 0 saturated carbocycles. The Kier molecular flexibility index (Phi) is 4.04. The number of carbonyl (C=O) groups is 1. The number of rotatable bonds is 3. The molecule has 0 unspecified atom stereocenters. The maximum atomic E-state index is 12.4. The van der Waals surface area contributed by atoms with Crippen LogP contribution in [0.2, 0.25) is 0 Å². The lowest BCUT2D eigenvalue weighted by atomic mass is 10.2. The minimum Gasteiger partial charge on any atom is -0.321 e.